The van der Waals surface area contributed by atoms with Crippen LogP contribution in [0.4, 0.5) is 10.1 Å². The smallest absolute Gasteiger partial charge is 0.123 e. The molecule has 0 bridgehead atoms. The summed E-state index contributed by atoms with van der Waals surface area (Å²) >= 11 is 0. The quantitative estimate of drug-likeness (QED) is 0.778. The van der Waals surface area contributed by atoms with E-state index >= 15 is 0 Å². The Kier molecular flexibility index (Phi) is 3.47. The zero-order valence-corrected chi connectivity index (χ0v) is 10.7. The van der Waals surface area contributed by atoms with Crippen LogP contribution in [0, 0.1) is 5.82 Å². The third-order valence-electron chi connectivity index (χ3n) is 2.93. The molecule has 0 N–H and O–H groups in total. The number of halogens is 1. The Hall–Kier alpha value is -2.09. The SMILES string of the molecule is C=Cc1ccc(N(C)C)cc1-c1ccc(F)cc1. The van der Waals surface area contributed by atoms with E-state index < -0.39 is 0 Å². The Bertz CT molecular complexity index is 556. The van der Waals surface area contributed by atoms with Crippen LogP contribution in [-0.4, -0.2) is 14.1 Å². The molecule has 0 fully saturated rings. The van der Waals surface area contributed by atoms with Gasteiger partial charge in [-0.2, -0.15) is 0 Å². The first-order valence-electron chi connectivity index (χ1n) is 5.81. The third kappa shape index (κ3) is 2.43. The summed E-state index contributed by atoms with van der Waals surface area (Å²) in [7, 11) is 3.99. The van der Waals surface area contributed by atoms with Crippen molar-refractivity contribution in [3.63, 3.8) is 0 Å². The first kappa shape index (κ1) is 12.4. The Morgan fingerprint density at radius 1 is 1.06 bits per heavy atom. The van der Waals surface area contributed by atoms with Gasteiger partial charge in [-0.3, -0.25) is 0 Å². The maximum Gasteiger partial charge on any atom is 0.123 e. The van der Waals surface area contributed by atoms with Crippen molar-refractivity contribution in [2.75, 3.05) is 19.0 Å². The molecule has 2 rings (SSSR count). The molecule has 0 heterocycles. The van der Waals surface area contributed by atoms with Crippen LogP contribution in [0.2, 0.25) is 0 Å². The van der Waals surface area contributed by atoms with Crippen molar-refractivity contribution >= 4 is 11.8 Å². The molecular weight excluding hydrogens is 225 g/mol. The fourth-order valence-corrected chi connectivity index (χ4v) is 1.88. The first-order valence-corrected chi connectivity index (χ1v) is 5.81. The van der Waals surface area contributed by atoms with E-state index in [0.717, 1.165) is 22.4 Å². The first-order chi connectivity index (χ1) is 8.61. The lowest BCUT2D eigenvalue weighted by atomic mass is 9.98. The summed E-state index contributed by atoms with van der Waals surface area (Å²) in [6, 6.07) is 12.7. The molecule has 0 aliphatic heterocycles. The average molecular weight is 241 g/mol. The molecular formula is C16H16FN. The minimum atomic E-state index is -0.220. The van der Waals surface area contributed by atoms with Crippen LogP contribution >= 0.6 is 0 Å². The summed E-state index contributed by atoms with van der Waals surface area (Å²) in [4.78, 5) is 2.04. The molecule has 0 saturated carbocycles. The van der Waals surface area contributed by atoms with Gasteiger partial charge in [0.2, 0.25) is 0 Å². The van der Waals surface area contributed by atoms with E-state index in [-0.39, 0.29) is 5.82 Å². The van der Waals surface area contributed by atoms with E-state index in [9.17, 15) is 4.39 Å². The molecule has 0 aromatic heterocycles. The second kappa shape index (κ2) is 5.05. The summed E-state index contributed by atoms with van der Waals surface area (Å²) < 4.78 is 13.0. The van der Waals surface area contributed by atoms with Crippen LogP contribution in [0.1, 0.15) is 5.56 Å². The van der Waals surface area contributed by atoms with Crippen LogP contribution in [-0.2, 0) is 0 Å². The number of benzene rings is 2. The average Bonchev–Trinajstić information content (AvgIpc) is 2.39. The molecule has 0 atom stereocenters. The van der Waals surface area contributed by atoms with Crippen LogP contribution in [0.25, 0.3) is 17.2 Å². The fraction of sp³-hybridized carbons (Fsp3) is 0.125. The fourth-order valence-electron chi connectivity index (χ4n) is 1.88. The second-order valence-corrected chi connectivity index (χ2v) is 4.38. The van der Waals surface area contributed by atoms with Gasteiger partial charge >= 0.3 is 0 Å². The van der Waals surface area contributed by atoms with Crippen LogP contribution < -0.4 is 4.90 Å². The molecule has 2 heteroatoms. The third-order valence-corrected chi connectivity index (χ3v) is 2.93. The maximum atomic E-state index is 13.0. The van der Waals surface area contributed by atoms with E-state index in [0.29, 0.717) is 0 Å². The van der Waals surface area contributed by atoms with Gasteiger partial charge in [0.05, 0.1) is 0 Å². The Morgan fingerprint density at radius 2 is 1.72 bits per heavy atom. The normalized spacial score (nSPS) is 10.2. The lowest BCUT2D eigenvalue weighted by Crippen LogP contribution is -2.08. The number of anilines is 1. The van der Waals surface area contributed by atoms with Gasteiger partial charge in [-0.25, -0.2) is 4.39 Å². The van der Waals surface area contributed by atoms with Gasteiger partial charge in [-0.1, -0.05) is 30.9 Å². The van der Waals surface area contributed by atoms with E-state index in [2.05, 4.69) is 12.6 Å². The van der Waals surface area contributed by atoms with E-state index in [1.165, 1.54) is 12.1 Å². The number of hydrogen-bond donors (Lipinski definition) is 0. The second-order valence-electron chi connectivity index (χ2n) is 4.38. The summed E-state index contributed by atoms with van der Waals surface area (Å²) in [5.74, 6) is -0.220. The molecule has 0 unspecified atom stereocenters. The van der Waals surface area contributed by atoms with Crippen molar-refractivity contribution in [3.8, 4) is 11.1 Å². The monoisotopic (exact) mass is 241 g/mol. The standard InChI is InChI=1S/C16H16FN/c1-4-12-7-10-15(18(2)3)11-16(12)13-5-8-14(17)9-6-13/h4-11H,1H2,2-3H3. The van der Waals surface area contributed by atoms with Crippen LogP contribution in [0.3, 0.4) is 0 Å². The highest BCUT2D eigenvalue weighted by atomic mass is 19.1. The molecule has 0 saturated heterocycles. The van der Waals surface area contributed by atoms with Gasteiger partial charge in [0.25, 0.3) is 0 Å². The molecule has 92 valence electrons. The van der Waals surface area contributed by atoms with Crippen molar-refractivity contribution < 1.29 is 4.39 Å². The molecule has 0 aliphatic rings. The van der Waals surface area contributed by atoms with E-state index in [1.807, 2.05) is 37.2 Å². The van der Waals surface area contributed by atoms with E-state index in [4.69, 9.17) is 0 Å². The highest BCUT2D eigenvalue weighted by Crippen LogP contribution is 2.28. The van der Waals surface area contributed by atoms with Gasteiger partial charge < -0.3 is 4.90 Å². The molecule has 0 radical (unpaired) electrons. The van der Waals surface area contributed by atoms with E-state index in [1.54, 1.807) is 12.1 Å². The van der Waals surface area contributed by atoms with Crippen molar-refractivity contribution in [1.29, 1.82) is 0 Å². The van der Waals surface area contributed by atoms with Gasteiger partial charge in [0, 0.05) is 19.8 Å². The molecule has 2 aromatic carbocycles. The number of hydrogen-bond acceptors (Lipinski definition) is 1. The molecule has 0 aliphatic carbocycles. The van der Waals surface area contributed by atoms with Gasteiger partial charge in [0.1, 0.15) is 5.82 Å². The van der Waals surface area contributed by atoms with Crippen molar-refractivity contribution in [1.82, 2.24) is 0 Å². The van der Waals surface area contributed by atoms with Gasteiger partial charge in [-0.15, -0.1) is 0 Å². The minimum absolute atomic E-state index is 0.220. The molecule has 2 aromatic rings. The van der Waals surface area contributed by atoms with Crippen molar-refractivity contribution in [2.24, 2.45) is 0 Å². The molecule has 18 heavy (non-hydrogen) atoms. The Balaban J connectivity index is 2.56. The lowest BCUT2D eigenvalue weighted by Gasteiger charge is -2.15. The Labute approximate surface area is 107 Å². The summed E-state index contributed by atoms with van der Waals surface area (Å²) in [6.45, 7) is 3.82. The largest absolute Gasteiger partial charge is 0.378 e. The highest BCUT2D eigenvalue weighted by molar-refractivity contribution is 5.78. The van der Waals surface area contributed by atoms with Crippen LogP contribution in [0.5, 0.6) is 0 Å². The Morgan fingerprint density at radius 3 is 2.28 bits per heavy atom. The zero-order valence-electron chi connectivity index (χ0n) is 10.7. The zero-order chi connectivity index (χ0) is 13.1. The highest BCUT2D eigenvalue weighted by Gasteiger charge is 2.05. The van der Waals surface area contributed by atoms with Crippen molar-refractivity contribution in [3.05, 3.63) is 60.4 Å². The number of rotatable bonds is 3. The summed E-state index contributed by atoms with van der Waals surface area (Å²) in [5, 5.41) is 0. The predicted molar refractivity (Wildman–Crippen MR) is 76.3 cm³/mol. The van der Waals surface area contributed by atoms with Gasteiger partial charge in [0.15, 0.2) is 0 Å². The predicted octanol–water partition coefficient (Wildman–Crippen LogP) is 4.20. The molecule has 1 nitrogen and oxygen atoms in total. The summed E-state index contributed by atoms with van der Waals surface area (Å²) in [6.07, 6.45) is 1.82. The van der Waals surface area contributed by atoms with Gasteiger partial charge in [-0.05, 0) is 41.0 Å². The minimum Gasteiger partial charge on any atom is -0.378 e. The lowest BCUT2D eigenvalue weighted by molar-refractivity contribution is 0.628. The summed E-state index contributed by atoms with van der Waals surface area (Å²) in [5.41, 5.74) is 4.22. The van der Waals surface area contributed by atoms with Crippen LogP contribution in [0.15, 0.2) is 49.0 Å². The topological polar surface area (TPSA) is 3.24 Å². The van der Waals surface area contributed by atoms with Crippen molar-refractivity contribution in [2.45, 2.75) is 0 Å². The molecule has 0 amide bonds. The molecule has 0 spiro atoms. The maximum absolute atomic E-state index is 13.0. The number of nitrogens with zero attached hydrogens (tertiary/aromatic N) is 1.